The monoisotopic (exact) mass is 282 g/mol. The smallest absolute Gasteiger partial charge is 0.180 e. The summed E-state index contributed by atoms with van der Waals surface area (Å²) in [6.07, 6.45) is 1.76. The van der Waals surface area contributed by atoms with E-state index in [4.69, 9.17) is 10.5 Å². The molecule has 0 unspecified atom stereocenters. The fourth-order valence-corrected chi connectivity index (χ4v) is 2.58. The van der Waals surface area contributed by atoms with E-state index >= 15 is 0 Å². The van der Waals surface area contributed by atoms with Crippen LogP contribution in [0.4, 0.5) is 5.13 Å². The number of ether oxygens (including phenoxy) is 1. The molecule has 0 aliphatic rings. The summed E-state index contributed by atoms with van der Waals surface area (Å²) in [7, 11) is 0. The first-order chi connectivity index (χ1) is 9.83. The zero-order chi connectivity index (χ0) is 13.8. The lowest BCUT2D eigenvalue weighted by Crippen LogP contribution is -1.94. The van der Waals surface area contributed by atoms with E-state index in [0.29, 0.717) is 11.7 Å². The van der Waals surface area contributed by atoms with E-state index in [2.05, 4.69) is 23.2 Å². The van der Waals surface area contributed by atoms with Gasteiger partial charge in [-0.25, -0.2) is 4.98 Å². The molecule has 0 atom stereocenters. The van der Waals surface area contributed by atoms with Crippen LogP contribution in [0.1, 0.15) is 4.88 Å². The minimum absolute atomic E-state index is 0.485. The lowest BCUT2D eigenvalue weighted by Gasteiger charge is -2.10. The summed E-state index contributed by atoms with van der Waals surface area (Å²) < 4.78 is 5.91. The van der Waals surface area contributed by atoms with Crippen LogP contribution in [0.15, 0.2) is 60.8 Å². The second kappa shape index (κ2) is 5.75. The van der Waals surface area contributed by atoms with Crippen LogP contribution in [0.3, 0.4) is 0 Å². The molecule has 3 aromatic rings. The Morgan fingerprint density at radius 1 is 1.00 bits per heavy atom. The predicted octanol–water partition coefficient (Wildman–Crippen LogP) is 3.97. The molecule has 0 saturated carbocycles. The highest BCUT2D eigenvalue weighted by molar-refractivity contribution is 7.15. The first-order valence-corrected chi connectivity index (χ1v) is 7.12. The number of nitrogens with two attached hydrogens (primary N) is 1. The molecule has 0 aliphatic heterocycles. The highest BCUT2D eigenvalue weighted by Crippen LogP contribution is 2.30. The molecule has 0 aliphatic carbocycles. The van der Waals surface area contributed by atoms with Crippen LogP contribution >= 0.6 is 11.3 Å². The highest BCUT2D eigenvalue weighted by atomic mass is 32.1. The van der Waals surface area contributed by atoms with Crippen molar-refractivity contribution in [3.8, 4) is 16.9 Å². The third-order valence-electron chi connectivity index (χ3n) is 2.91. The van der Waals surface area contributed by atoms with Crippen molar-refractivity contribution in [1.82, 2.24) is 4.98 Å². The first-order valence-electron chi connectivity index (χ1n) is 6.30. The molecule has 0 bridgehead atoms. The van der Waals surface area contributed by atoms with Crippen LogP contribution in [0.25, 0.3) is 11.1 Å². The van der Waals surface area contributed by atoms with Gasteiger partial charge in [0.05, 0.1) is 4.88 Å². The van der Waals surface area contributed by atoms with E-state index in [1.807, 2.05) is 36.4 Å². The van der Waals surface area contributed by atoms with Gasteiger partial charge in [-0.05, 0) is 11.6 Å². The van der Waals surface area contributed by atoms with Gasteiger partial charge >= 0.3 is 0 Å². The second-order valence-corrected chi connectivity index (χ2v) is 5.46. The maximum atomic E-state index is 5.91. The Labute approximate surface area is 121 Å². The molecule has 0 saturated heterocycles. The summed E-state index contributed by atoms with van der Waals surface area (Å²) >= 11 is 1.45. The fourth-order valence-electron chi connectivity index (χ4n) is 1.99. The minimum atomic E-state index is 0.485. The fraction of sp³-hybridized carbons (Fsp3) is 0.0625. The molecule has 0 spiro atoms. The molecule has 3 nitrogen and oxygen atoms in total. The molecule has 2 N–H and O–H groups in total. The van der Waals surface area contributed by atoms with E-state index in [1.165, 1.54) is 11.3 Å². The van der Waals surface area contributed by atoms with Crippen molar-refractivity contribution in [2.75, 3.05) is 5.73 Å². The molecule has 100 valence electrons. The quantitative estimate of drug-likeness (QED) is 0.787. The number of hydrogen-bond donors (Lipinski definition) is 1. The summed E-state index contributed by atoms with van der Waals surface area (Å²) in [6, 6.07) is 18.2. The van der Waals surface area contributed by atoms with Gasteiger partial charge in [-0.2, -0.15) is 0 Å². The van der Waals surface area contributed by atoms with Gasteiger partial charge in [-0.15, -0.1) is 0 Å². The first kappa shape index (κ1) is 12.7. The van der Waals surface area contributed by atoms with Gasteiger partial charge in [0.25, 0.3) is 0 Å². The van der Waals surface area contributed by atoms with Crippen molar-refractivity contribution in [2.45, 2.75) is 6.61 Å². The zero-order valence-corrected chi connectivity index (χ0v) is 11.6. The lowest BCUT2D eigenvalue weighted by molar-refractivity contribution is 0.311. The van der Waals surface area contributed by atoms with Gasteiger partial charge in [-0.3, -0.25) is 0 Å². The van der Waals surface area contributed by atoms with Crippen molar-refractivity contribution in [3.05, 3.63) is 65.7 Å². The molecule has 3 rings (SSSR count). The summed E-state index contributed by atoms with van der Waals surface area (Å²) in [5, 5.41) is 0.569. The molecular formula is C16H14N2OS. The Morgan fingerprint density at radius 2 is 1.75 bits per heavy atom. The van der Waals surface area contributed by atoms with Crippen molar-refractivity contribution >= 4 is 16.5 Å². The Bertz CT molecular complexity index is 694. The number of rotatable bonds is 4. The lowest BCUT2D eigenvalue weighted by atomic mass is 10.1. The molecule has 20 heavy (non-hydrogen) atoms. The largest absolute Gasteiger partial charge is 0.487 e. The number of hydrogen-bond acceptors (Lipinski definition) is 4. The van der Waals surface area contributed by atoms with E-state index in [9.17, 15) is 0 Å². The minimum Gasteiger partial charge on any atom is -0.487 e. The van der Waals surface area contributed by atoms with Crippen molar-refractivity contribution in [1.29, 1.82) is 0 Å². The van der Waals surface area contributed by atoms with Crippen LogP contribution in [0.5, 0.6) is 5.75 Å². The van der Waals surface area contributed by atoms with E-state index in [-0.39, 0.29) is 0 Å². The summed E-state index contributed by atoms with van der Waals surface area (Å²) in [6.45, 7) is 0.485. The number of benzene rings is 2. The molecule has 0 amide bonds. The highest BCUT2D eigenvalue weighted by Gasteiger charge is 2.06. The van der Waals surface area contributed by atoms with Crippen LogP contribution in [0.2, 0.25) is 0 Å². The van der Waals surface area contributed by atoms with Gasteiger partial charge in [0.1, 0.15) is 12.4 Å². The summed E-state index contributed by atoms with van der Waals surface area (Å²) in [4.78, 5) is 5.04. The maximum Gasteiger partial charge on any atom is 0.180 e. The van der Waals surface area contributed by atoms with Gasteiger partial charge in [0, 0.05) is 11.8 Å². The van der Waals surface area contributed by atoms with Crippen molar-refractivity contribution in [2.24, 2.45) is 0 Å². The third kappa shape index (κ3) is 2.81. The number of nitrogens with zero attached hydrogens (tertiary/aromatic N) is 1. The normalized spacial score (nSPS) is 10.4. The number of thiazole rings is 1. The average Bonchev–Trinajstić information content (AvgIpc) is 2.92. The Balaban J connectivity index is 1.83. The Hall–Kier alpha value is -2.33. The number of nitrogen functional groups attached to an aromatic ring is 1. The van der Waals surface area contributed by atoms with Gasteiger partial charge in [0.15, 0.2) is 5.13 Å². The van der Waals surface area contributed by atoms with E-state index in [1.54, 1.807) is 6.20 Å². The number of para-hydroxylation sites is 1. The van der Waals surface area contributed by atoms with Crippen LogP contribution < -0.4 is 10.5 Å². The van der Waals surface area contributed by atoms with Crippen molar-refractivity contribution < 1.29 is 4.74 Å². The number of anilines is 1. The topological polar surface area (TPSA) is 48.1 Å². The molecule has 0 radical (unpaired) electrons. The number of aromatic nitrogens is 1. The molecule has 2 aromatic carbocycles. The van der Waals surface area contributed by atoms with Gasteiger partial charge in [-0.1, -0.05) is 59.9 Å². The Kier molecular flexibility index (Phi) is 3.65. The molecule has 1 aromatic heterocycles. The molecule has 0 fully saturated rings. The van der Waals surface area contributed by atoms with Gasteiger partial charge in [0.2, 0.25) is 0 Å². The van der Waals surface area contributed by atoms with Crippen LogP contribution in [0, 0.1) is 0 Å². The molecule has 4 heteroatoms. The van der Waals surface area contributed by atoms with Crippen LogP contribution in [-0.4, -0.2) is 4.98 Å². The SMILES string of the molecule is Nc1ncc(COc2ccccc2-c2ccccc2)s1. The maximum absolute atomic E-state index is 5.91. The summed E-state index contributed by atoms with van der Waals surface area (Å²) in [5.41, 5.74) is 7.85. The van der Waals surface area contributed by atoms with E-state index in [0.717, 1.165) is 21.8 Å². The van der Waals surface area contributed by atoms with E-state index < -0.39 is 0 Å². The molecular weight excluding hydrogens is 268 g/mol. The predicted molar refractivity (Wildman–Crippen MR) is 82.7 cm³/mol. The summed E-state index contributed by atoms with van der Waals surface area (Å²) in [5.74, 6) is 0.866. The van der Waals surface area contributed by atoms with Crippen molar-refractivity contribution in [3.63, 3.8) is 0 Å². The molecule has 1 heterocycles. The Morgan fingerprint density at radius 3 is 2.50 bits per heavy atom. The average molecular weight is 282 g/mol. The second-order valence-electron chi connectivity index (χ2n) is 4.32. The van der Waals surface area contributed by atoms with Gasteiger partial charge < -0.3 is 10.5 Å². The zero-order valence-electron chi connectivity index (χ0n) is 10.8. The third-order valence-corrected chi connectivity index (χ3v) is 3.71. The standard InChI is InChI=1S/C16H14N2OS/c17-16-18-10-13(20-16)11-19-15-9-5-4-8-14(15)12-6-2-1-3-7-12/h1-10H,11H2,(H2,17,18). The van der Waals surface area contributed by atoms with Crippen LogP contribution in [-0.2, 0) is 6.61 Å².